The Morgan fingerprint density at radius 2 is 1.82 bits per heavy atom. The molecule has 4 nitrogen and oxygen atoms in total. The summed E-state index contributed by atoms with van der Waals surface area (Å²) >= 11 is 6.18. The molecule has 0 saturated carbocycles. The number of nitrogens with zero attached hydrogens (tertiary/aromatic N) is 1. The lowest BCUT2D eigenvalue weighted by Gasteiger charge is -2.14. The Labute approximate surface area is 134 Å². The van der Waals surface area contributed by atoms with Crippen LogP contribution in [-0.4, -0.2) is 14.2 Å². The zero-order valence-electron chi connectivity index (χ0n) is 12.6. The van der Waals surface area contributed by atoms with Crippen LogP contribution in [0.4, 0.5) is 0 Å². The lowest BCUT2D eigenvalue weighted by molar-refractivity contribution is 0.278. The summed E-state index contributed by atoms with van der Waals surface area (Å²) in [6, 6.07) is 11.0. The Balaban J connectivity index is 2.29. The molecular weight excluding hydrogens is 302 g/mol. The highest BCUT2D eigenvalue weighted by atomic mass is 35.5. The van der Waals surface area contributed by atoms with Crippen molar-refractivity contribution in [1.29, 1.82) is 5.26 Å². The first-order valence-electron chi connectivity index (χ1n) is 6.63. The van der Waals surface area contributed by atoms with Crippen molar-refractivity contribution < 1.29 is 14.2 Å². The summed E-state index contributed by atoms with van der Waals surface area (Å²) in [5.74, 6) is 1.58. The second-order valence-corrected chi connectivity index (χ2v) is 5.11. The smallest absolute Gasteiger partial charge is 0.180 e. The second kappa shape index (κ2) is 7.06. The van der Waals surface area contributed by atoms with Gasteiger partial charge in [-0.05, 0) is 25.1 Å². The first-order valence-corrected chi connectivity index (χ1v) is 7.00. The largest absolute Gasteiger partial charge is 0.496 e. The molecule has 0 N–H and O–H groups in total. The number of methoxy groups -OCH3 is 2. The molecule has 0 saturated heterocycles. The Bertz CT molecular complexity index is 723. The molecule has 0 atom stereocenters. The van der Waals surface area contributed by atoms with Gasteiger partial charge >= 0.3 is 0 Å². The molecule has 0 heterocycles. The highest BCUT2D eigenvalue weighted by Crippen LogP contribution is 2.37. The molecule has 2 aromatic carbocycles. The van der Waals surface area contributed by atoms with Crippen LogP contribution >= 0.6 is 11.6 Å². The zero-order valence-corrected chi connectivity index (χ0v) is 13.4. The minimum atomic E-state index is 0.285. The monoisotopic (exact) mass is 317 g/mol. The normalized spacial score (nSPS) is 9.95. The van der Waals surface area contributed by atoms with E-state index in [1.54, 1.807) is 19.2 Å². The predicted molar refractivity (Wildman–Crippen MR) is 84.8 cm³/mol. The highest BCUT2D eigenvalue weighted by Gasteiger charge is 2.13. The second-order valence-electron chi connectivity index (χ2n) is 4.71. The van der Waals surface area contributed by atoms with Gasteiger partial charge in [0.25, 0.3) is 0 Å². The van der Waals surface area contributed by atoms with Crippen molar-refractivity contribution in [2.75, 3.05) is 14.2 Å². The maximum absolute atomic E-state index is 8.96. The maximum atomic E-state index is 8.96. The Morgan fingerprint density at radius 1 is 1.09 bits per heavy atom. The van der Waals surface area contributed by atoms with Crippen molar-refractivity contribution in [2.24, 2.45) is 0 Å². The number of aryl methyl sites for hydroxylation is 1. The number of hydrogen-bond acceptors (Lipinski definition) is 4. The minimum absolute atomic E-state index is 0.285. The van der Waals surface area contributed by atoms with E-state index in [2.05, 4.69) is 0 Å². The zero-order chi connectivity index (χ0) is 16.1. The SMILES string of the molecule is COc1ccc(C)cc1COc1c(Cl)cc(C#N)cc1OC. The van der Waals surface area contributed by atoms with E-state index in [1.165, 1.54) is 7.11 Å². The van der Waals surface area contributed by atoms with E-state index in [1.807, 2.05) is 31.2 Å². The molecule has 0 aliphatic heterocycles. The molecule has 0 radical (unpaired) electrons. The molecule has 5 heteroatoms. The lowest BCUT2D eigenvalue weighted by Crippen LogP contribution is -2.01. The number of benzene rings is 2. The summed E-state index contributed by atoms with van der Waals surface area (Å²) in [6.07, 6.45) is 0. The Kier molecular flexibility index (Phi) is 5.13. The van der Waals surface area contributed by atoms with Crippen molar-refractivity contribution in [1.82, 2.24) is 0 Å². The van der Waals surface area contributed by atoms with Gasteiger partial charge in [0.15, 0.2) is 11.5 Å². The van der Waals surface area contributed by atoms with Crippen molar-refractivity contribution in [3.63, 3.8) is 0 Å². The molecule has 0 aromatic heterocycles. The third-order valence-corrected chi connectivity index (χ3v) is 3.45. The van der Waals surface area contributed by atoms with Crippen LogP contribution in [0.1, 0.15) is 16.7 Å². The number of ether oxygens (including phenoxy) is 3. The number of nitriles is 1. The molecular formula is C17H16ClNO3. The van der Waals surface area contributed by atoms with Crippen LogP contribution in [0.3, 0.4) is 0 Å². The summed E-state index contributed by atoms with van der Waals surface area (Å²) in [5, 5.41) is 9.29. The van der Waals surface area contributed by atoms with E-state index < -0.39 is 0 Å². The fourth-order valence-electron chi connectivity index (χ4n) is 2.09. The van der Waals surface area contributed by atoms with Crippen molar-refractivity contribution in [3.8, 4) is 23.3 Å². The molecule has 2 aromatic rings. The molecule has 0 fully saturated rings. The van der Waals surface area contributed by atoms with Gasteiger partial charge < -0.3 is 14.2 Å². The predicted octanol–water partition coefficient (Wildman–Crippen LogP) is 4.12. The summed E-state index contributed by atoms with van der Waals surface area (Å²) in [7, 11) is 3.12. The third-order valence-electron chi connectivity index (χ3n) is 3.17. The summed E-state index contributed by atoms with van der Waals surface area (Å²) < 4.78 is 16.4. The molecule has 0 unspecified atom stereocenters. The molecule has 0 amide bonds. The van der Waals surface area contributed by atoms with Crippen LogP contribution < -0.4 is 14.2 Å². The van der Waals surface area contributed by atoms with Gasteiger partial charge in [0.1, 0.15) is 12.4 Å². The van der Waals surface area contributed by atoms with Crippen LogP contribution in [0.15, 0.2) is 30.3 Å². The van der Waals surface area contributed by atoms with E-state index >= 15 is 0 Å². The van der Waals surface area contributed by atoms with Gasteiger partial charge in [-0.2, -0.15) is 5.26 Å². The summed E-state index contributed by atoms with van der Waals surface area (Å²) in [6.45, 7) is 2.28. The maximum Gasteiger partial charge on any atom is 0.180 e. The molecule has 0 aliphatic rings. The van der Waals surface area contributed by atoms with E-state index in [4.69, 9.17) is 31.1 Å². The molecule has 0 spiro atoms. The van der Waals surface area contributed by atoms with E-state index in [9.17, 15) is 0 Å². The quantitative estimate of drug-likeness (QED) is 0.832. The van der Waals surface area contributed by atoms with Gasteiger partial charge in [-0.3, -0.25) is 0 Å². The van der Waals surface area contributed by atoms with Crippen LogP contribution in [0.25, 0.3) is 0 Å². The molecule has 114 valence electrons. The number of halogens is 1. The average molecular weight is 318 g/mol. The standard InChI is InChI=1S/C17H16ClNO3/c1-11-4-5-15(20-2)13(6-11)10-22-17-14(18)7-12(9-19)8-16(17)21-3/h4-8H,10H2,1-3H3. The Hall–Kier alpha value is -2.38. The van der Waals surface area contributed by atoms with Gasteiger partial charge in [-0.25, -0.2) is 0 Å². The number of rotatable bonds is 5. The topological polar surface area (TPSA) is 51.5 Å². The van der Waals surface area contributed by atoms with Gasteiger partial charge in [-0.15, -0.1) is 0 Å². The van der Waals surface area contributed by atoms with Crippen LogP contribution in [0.2, 0.25) is 5.02 Å². The van der Waals surface area contributed by atoms with Gasteiger partial charge in [-0.1, -0.05) is 23.2 Å². The van der Waals surface area contributed by atoms with Gasteiger partial charge in [0.2, 0.25) is 0 Å². The first-order chi connectivity index (χ1) is 10.6. The highest BCUT2D eigenvalue weighted by molar-refractivity contribution is 6.32. The average Bonchev–Trinajstić information content (AvgIpc) is 2.53. The van der Waals surface area contributed by atoms with Crippen molar-refractivity contribution in [2.45, 2.75) is 13.5 Å². The van der Waals surface area contributed by atoms with Crippen LogP contribution in [-0.2, 0) is 6.61 Å². The molecule has 0 aliphatic carbocycles. The van der Waals surface area contributed by atoms with E-state index in [0.717, 1.165) is 16.9 Å². The molecule has 22 heavy (non-hydrogen) atoms. The fourth-order valence-corrected chi connectivity index (χ4v) is 2.36. The first kappa shape index (κ1) is 16.0. The molecule has 0 bridgehead atoms. The van der Waals surface area contributed by atoms with Crippen LogP contribution in [0.5, 0.6) is 17.2 Å². The summed E-state index contributed by atoms with van der Waals surface area (Å²) in [4.78, 5) is 0. The Morgan fingerprint density at radius 3 is 2.45 bits per heavy atom. The van der Waals surface area contributed by atoms with E-state index in [-0.39, 0.29) is 6.61 Å². The lowest BCUT2D eigenvalue weighted by atomic mass is 10.1. The fraction of sp³-hybridized carbons (Fsp3) is 0.235. The van der Waals surface area contributed by atoms with Crippen molar-refractivity contribution in [3.05, 3.63) is 52.0 Å². The van der Waals surface area contributed by atoms with Crippen LogP contribution in [0, 0.1) is 18.3 Å². The van der Waals surface area contributed by atoms with Crippen molar-refractivity contribution >= 4 is 11.6 Å². The van der Waals surface area contributed by atoms with E-state index in [0.29, 0.717) is 22.1 Å². The number of hydrogen-bond donors (Lipinski definition) is 0. The van der Waals surface area contributed by atoms with Gasteiger partial charge in [0, 0.05) is 11.6 Å². The van der Waals surface area contributed by atoms with Gasteiger partial charge in [0.05, 0.1) is 30.9 Å². The minimum Gasteiger partial charge on any atom is -0.496 e. The molecule has 2 rings (SSSR count). The third kappa shape index (κ3) is 3.44. The summed E-state index contributed by atoms with van der Waals surface area (Å²) in [5.41, 5.74) is 2.43.